The molecule has 1 aliphatic rings. The molecule has 1 heterocycles. The van der Waals surface area contributed by atoms with Crippen LogP contribution in [-0.4, -0.2) is 49.1 Å². The third kappa shape index (κ3) is 5.44. The van der Waals surface area contributed by atoms with Crippen molar-refractivity contribution >= 4 is 11.8 Å². The number of para-hydroxylation sites is 2. The second-order valence-corrected chi connectivity index (χ2v) is 5.93. The van der Waals surface area contributed by atoms with Crippen LogP contribution in [0.15, 0.2) is 24.3 Å². The number of carbonyl (C=O) groups excluding carboxylic acids is 2. The van der Waals surface area contributed by atoms with Crippen LogP contribution in [0.5, 0.6) is 11.5 Å². The van der Waals surface area contributed by atoms with Crippen molar-refractivity contribution in [1.82, 2.24) is 10.2 Å². The predicted octanol–water partition coefficient (Wildman–Crippen LogP) is 1.98. The maximum Gasteiger partial charge on any atom is 0.258 e. The summed E-state index contributed by atoms with van der Waals surface area (Å²) in [4.78, 5) is 25.2. The van der Waals surface area contributed by atoms with E-state index < -0.39 is 0 Å². The molecule has 2 rings (SSSR count). The number of likely N-dealkylation sites (tertiary alicyclic amines) is 1. The summed E-state index contributed by atoms with van der Waals surface area (Å²) in [5.41, 5.74) is 0. The first-order valence-corrected chi connectivity index (χ1v) is 8.49. The van der Waals surface area contributed by atoms with E-state index in [0.717, 1.165) is 19.3 Å². The summed E-state index contributed by atoms with van der Waals surface area (Å²) >= 11 is 0. The Balaban J connectivity index is 1.77. The van der Waals surface area contributed by atoms with Crippen molar-refractivity contribution in [3.05, 3.63) is 24.3 Å². The Morgan fingerprint density at radius 3 is 2.38 bits per heavy atom. The zero-order valence-corrected chi connectivity index (χ0v) is 14.4. The van der Waals surface area contributed by atoms with Gasteiger partial charge in [-0.05, 0) is 31.4 Å². The van der Waals surface area contributed by atoms with Gasteiger partial charge in [0.15, 0.2) is 18.1 Å². The lowest BCUT2D eigenvalue weighted by molar-refractivity contribution is -0.130. The van der Waals surface area contributed by atoms with Gasteiger partial charge in [-0.25, -0.2) is 0 Å². The van der Waals surface area contributed by atoms with Crippen molar-refractivity contribution in [2.24, 2.45) is 0 Å². The third-order valence-electron chi connectivity index (χ3n) is 3.98. The maximum absolute atomic E-state index is 12.1. The molecular weight excluding hydrogens is 308 g/mol. The molecular formula is C18H26N2O4. The van der Waals surface area contributed by atoms with E-state index in [0.29, 0.717) is 31.2 Å². The highest BCUT2D eigenvalue weighted by molar-refractivity contribution is 5.78. The summed E-state index contributed by atoms with van der Waals surface area (Å²) in [6.07, 6.45) is 2.47. The van der Waals surface area contributed by atoms with E-state index in [1.165, 1.54) is 0 Å². The maximum atomic E-state index is 12.1. The molecule has 0 bridgehead atoms. The molecule has 0 atom stereocenters. The number of rotatable bonds is 7. The molecule has 0 radical (unpaired) electrons. The fourth-order valence-corrected chi connectivity index (χ4v) is 2.65. The number of piperidine rings is 1. The molecule has 1 aromatic carbocycles. The highest BCUT2D eigenvalue weighted by Crippen LogP contribution is 2.26. The first-order chi connectivity index (χ1) is 11.6. The molecule has 2 amide bonds. The van der Waals surface area contributed by atoms with Crippen LogP contribution in [0.4, 0.5) is 0 Å². The largest absolute Gasteiger partial charge is 0.490 e. The van der Waals surface area contributed by atoms with Crippen LogP contribution in [0.25, 0.3) is 0 Å². The van der Waals surface area contributed by atoms with Crippen LogP contribution in [0.2, 0.25) is 0 Å². The molecule has 1 aromatic rings. The molecule has 0 unspecified atom stereocenters. The molecule has 6 heteroatoms. The molecule has 0 saturated carbocycles. The van der Waals surface area contributed by atoms with Crippen LogP contribution in [0.1, 0.15) is 33.1 Å². The minimum Gasteiger partial charge on any atom is -0.490 e. The van der Waals surface area contributed by atoms with Crippen LogP contribution in [0, 0.1) is 0 Å². The van der Waals surface area contributed by atoms with Gasteiger partial charge in [-0.2, -0.15) is 0 Å². The van der Waals surface area contributed by atoms with Gasteiger partial charge in [-0.1, -0.05) is 19.1 Å². The first-order valence-electron chi connectivity index (χ1n) is 8.49. The van der Waals surface area contributed by atoms with Crippen LogP contribution in [-0.2, 0) is 9.59 Å². The van der Waals surface area contributed by atoms with Crippen molar-refractivity contribution in [3.8, 4) is 11.5 Å². The van der Waals surface area contributed by atoms with E-state index in [1.54, 1.807) is 17.9 Å². The van der Waals surface area contributed by atoms with Gasteiger partial charge in [-0.15, -0.1) is 0 Å². The number of hydrogen-bond donors (Lipinski definition) is 1. The number of amides is 2. The minimum absolute atomic E-state index is 0.0422. The van der Waals surface area contributed by atoms with Crippen molar-refractivity contribution < 1.29 is 19.1 Å². The monoisotopic (exact) mass is 334 g/mol. The summed E-state index contributed by atoms with van der Waals surface area (Å²) in [6, 6.07) is 7.46. The quantitative estimate of drug-likeness (QED) is 0.828. The van der Waals surface area contributed by atoms with Crippen molar-refractivity contribution in [3.63, 3.8) is 0 Å². The molecule has 1 fully saturated rings. The molecule has 0 spiro atoms. The summed E-state index contributed by atoms with van der Waals surface area (Å²) in [5.74, 6) is 1.17. The van der Waals surface area contributed by atoms with E-state index in [-0.39, 0.29) is 24.5 Å². The van der Waals surface area contributed by atoms with E-state index in [9.17, 15) is 9.59 Å². The average Bonchev–Trinajstić information content (AvgIpc) is 2.59. The van der Waals surface area contributed by atoms with E-state index in [2.05, 4.69) is 5.32 Å². The Labute approximate surface area is 143 Å². The molecule has 1 saturated heterocycles. The molecule has 6 nitrogen and oxygen atoms in total. The lowest BCUT2D eigenvalue weighted by atomic mass is 10.1. The number of carbonyl (C=O) groups is 2. The number of nitrogens with zero attached hydrogens (tertiary/aromatic N) is 1. The smallest absolute Gasteiger partial charge is 0.258 e. The molecule has 1 aliphatic heterocycles. The summed E-state index contributed by atoms with van der Waals surface area (Å²) in [7, 11) is 0. The van der Waals surface area contributed by atoms with Gasteiger partial charge in [0.05, 0.1) is 6.61 Å². The second kappa shape index (κ2) is 9.15. The fraction of sp³-hybridized carbons (Fsp3) is 0.556. The van der Waals surface area contributed by atoms with Crippen LogP contribution in [0.3, 0.4) is 0 Å². The van der Waals surface area contributed by atoms with Gasteiger partial charge < -0.3 is 19.7 Å². The zero-order valence-electron chi connectivity index (χ0n) is 14.4. The van der Waals surface area contributed by atoms with Crippen molar-refractivity contribution in [1.29, 1.82) is 0 Å². The van der Waals surface area contributed by atoms with E-state index in [4.69, 9.17) is 9.47 Å². The average molecular weight is 334 g/mol. The SMILES string of the molecule is CCCOc1ccccc1OCC(=O)NC1CCN(C(C)=O)CC1. The Bertz CT molecular complexity index is 554. The minimum atomic E-state index is -0.151. The standard InChI is InChI=1S/C18H26N2O4/c1-3-12-23-16-6-4-5-7-17(16)24-13-18(22)19-15-8-10-20(11-9-15)14(2)21/h4-7,15H,3,8-13H2,1-2H3,(H,19,22). The molecule has 0 aliphatic carbocycles. The lowest BCUT2D eigenvalue weighted by Crippen LogP contribution is -2.47. The normalized spacial score (nSPS) is 15.0. The molecule has 24 heavy (non-hydrogen) atoms. The van der Waals surface area contributed by atoms with Crippen LogP contribution < -0.4 is 14.8 Å². The van der Waals surface area contributed by atoms with Gasteiger partial charge in [-0.3, -0.25) is 9.59 Å². The summed E-state index contributed by atoms with van der Waals surface area (Å²) < 4.78 is 11.2. The molecule has 1 N–H and O–H groups in total. The van der Waals surface area contributed by atoms with Gasteiger partial charge in [0.25, 0.3) is 5.91 Å². The number of benzene rings is 1. The van der Waals surface area contributed by atoms with Gasteiger partial charge in [0, 0.05) is 26.1 Å². The number of ether oxygens (including phenoxy) is 2. The third-order valence-corrected chi connectivity index (χ3v) is 3.98. The molecule has 132 valence electrons. The predicted molar refractivity (Wildman–Crippen MR) is 91.1 cm³/mol. The fourth-order valence-electron chi connectivity index (χ4n) is 2.65. The van der Waals surface area contributed by atoms with E-state index >= 15 is 0 Å². The Hall–Kier alpha value is -2.24. The first kappa shape index (κ1) is 18.1. The number of nitrogens with one attached hydrogen (secondary N) is 1. The summed E-state index contributed by atoms with van der Waals surface area (Å²) in [5, 5.41) is 2.97. The summed E-state index contributed by atoms with van der Waals surface area (Å²) in [6.45, 7) is 5.56. The Morgan fingerprint density at radius 1 is 1.17 bits per heavy atom. The van der Waals surface area contributed by atoms with Gasteiger partial charge >= 0.3 is 0 Å². The Kier molecular flexibility index (Phi) is 6.90. The lowest BCUT2D eigenvalue weighted by Gasteiger charge is -2.31. The highest BCUT2D eigenvalue weighted by atomic mass is 16.5. The number of hydrogen-bond acceptors (Lipinski definition) is 4. The molecule has 0 aromatic heterocycles. The van der Waals surface area contributed by atoms with Gasteiger partial charge in [0.1, 0.15) is 0 Å². The van der Waals surface area contributed by atoms with Gasteiger partial charge in [0.2, 0.25) is 5.91 Å². The van der Waals surface area contributed by atoms with Crippen LogP contribution >= 0.6 is 0 Å². The second-order valence-electron chi connectivity index (χ2n) is 5.93. The van der Waals surface area contributed by atoms with Crippen molar-refractivity contribution in [2.75, 3.05) is 26.3 Å². The van der Waals surface area contributed by atoms with E-state index in [1.807, 2.05) is 25.1 Å². The Morgan fingerprint density at radius 2 is 1.79 bits per heavy atom. The highest BCUT2D eigenvalue weighted by Gasteiger charge is 2.22. The topological polar surface area (TPSA) is 67.9 Å². The zero-order chi connectivity index (χ0) is 17.4. The van der Waals surface area contributed by atoms with Crippen molar-refractivity contribution in [2.45, 2.75) is 39.2 Å².